The lowest BCUT2D eigenvalue weighted by atomic mass is 9.56. The number of aryl methyl sites for hydroxylation is 1. The zero-order valence-corrected chi connectivity index (χ0v) is 15.9. The van der Waals surface area contributed by atoms with Gasteiger partial charge in [-0.2, -0.15) is 5.26 Å². The maximum atomic E-state index is 9.44. The molecule has 1 aliphatic heterocycles. The van der Waals surface area contributed by atoms with Crippen LogP contribution in [0.25, 0.3) is 6.08 Å². The van der Waals surface area contributed by atoms with E-state index in [-0.39, 0.29) is 0 Å². The van der Waals surface area contributed by atoms with Crippen molar-refractivity contribution in [2.45, 2.75) is 39.0 Å². The molecular formula is C23H25N3O. The number of pyridine rings is 1. The molecule has 0 bridgehead atoms. The first-order valence-corrected chi connectivity index (χ1v) is 9.64. The van der Waals surface area contributed by atoms with Gasteiger partial charge in [0.25, 0.3) is 0 Å². The van der Waals surface area contributed by atoms with Gasteiger partial charge in [-0.1, -0.05) is 19.1 Å². The number of allylic oxidation sites excluding steroid dienone is 1. The van der Waals surface area contributed by atoms with Crippen molar-refractivity contribution in [3.8, 4) is 11.8 Å². The number of rotatable bonds is 4. The van der Waals surface area contributed by atoms with Crippen molar-refractivity contribution in [2.75, 3.05) is 18.0 Å². The van der Waals surface area contributed by atoms with Crippen molar-refractivity contribution in [1.29, 1.82) is 5.26 Å². The van der Waals surface area contributed by atoms with Gasteiger partial charge < -0.3 is 10.0 Å². The quantitative estimate of drug-likeness (QED) is 0.797. The average molecular weight is 359 g/mol. The van der Waals surface area contributed by atoms with E-state index in [2.05, 4.69) is 23.1 Å². The van der Waals surface area contributed by atoms with E-state index in [9.17, 15) is 5.11 Å². The Labute approximate surface area is 160 Å². The van der Waals surface area contributed by atoms with E-state index >= 15 is 0 Å². The Morgan fingerprint density at radius 2 is 1.96 bits per heavy atom. The third-order valence-corrected chi connectivity index (χ3v) is 6.07. The number of anilines is 1. The number of hydrogen-bond donors (Lipinski definition) is 1. The average Bonchev–Trinajstić information content (AvgIpc) is 2.60. The van der Waals surface area contributed by atoms with E-state index in [4.69, 9.17) is 10.2 Å². The largest absolute Gasteiger partial charge is 0.508 e. The van der Waals surface area contributed by atoms with Crippen LogP contribution in [0.2, 0.25) is 0 Å². The standard InChI is InChI=1S/C23H25N3O/c1-3-17(13-24)10-19-6-9-22(25-16(19)2)26-14-23(15-26)11-20(12-23)18-4-7-21(27)8-5-18/h4-10,20,27H,3,11-12,14-15H2,1-2H3/b17-10+. The minimum Gasteiger partial charge on any atom is -0.508 e. The molecule has 138 valence electrons. The number of aromatic nitrogens is 1. The number of aromatic hydroxyl groups is 1. The van der Waals surface area contributed by atoms with Crippen LogP contribution in [0.3, 0.4) is 0 Å². The van der Waals surface area contributed by atoms with Crippen LogP contribution in [0.1, 0.15) is 48.9 Å². The Kier molecular flexibility index (Phi) is 4.39. The maximum Gasteiger partial charge on any atom is 0.128 e. The second kappa shape index (κ2) is 6.74. The number of phenolic OH excluding ortho intramolecular Hbond substituents is 1. The Hall–Kier alpha value is -2.80. The highest BCUT2D eigenvalue weighted by Gasteiger charge is 2.52. The van der Waals surface area contributed by atoms with Gasteiger partial charge >= 0.3 is 0 Å². The third kappa shape index (κ3) is 3.30. The fraction of sp³-hybridized carbons (Fsp3) is 0.391. The normalized spacial score (nSPS) is 18.7. The van der Waals surface area contributed by atoms with Crippen LogP contribution in [-0.2, 0) is 0 Å². The molecule has 2 heterocycles. The Morgan fingerprint density at radius 3 is 2.56 bits per heavy atom. The topological polar surface area (TPSA) is 60.2 Å². The summed E-state index contributed by atoms with van der Waals surface area (Å²) in [7, 11) is 0. The molecule has 2 aliphatic rings. The van der Waals surface area contributed by atoms with Gasteiger partial charge in [-0.05, 0) is 73.6 Å². The fourth-order valence-corrected chi connectivity index (χ4v) is 4.44. The predicted octanol–water partition coefficient (Wildman–Crippen LogP) is 4.80. The second-order valence-corrected chi connectivity index (χ2v) is 8.03. The summed E-state index contributed by atoms with van der Waals surface area (Å²) in [5.41, 5.74) is 4.57. The van der Waals surface area contributed by atoms with Crippen LogP contribution in [0.5, 0.6) is 5.75 Å². The van der Waals surface area contributed by atoms with Crippen LogP contribution < -0.4 is 4.90 Å². The molecule has 4 nitrogen and oxygen atoms in total. The van der Waals surface area contributed by atoms with Gasteiger partial charge in [0.05, 0.1) is 6.07 Å². The molecule has 2 fully saturated rings. The van der Waals surface area contributed by atoms with Crippen molar-refractivity contribution in [2.24, 2.45) is 5.41 Å². The molecular weight excluding hydrogens is 334 g/mol. The minimum atomic E-state index is 0.336. The van der Waals surface area contributed by atoms with Gasteiger partial charge in [0.1, 0.15) is 11.6 Å². The molecule has 1 saturated carbocycles. The van der Waals surface area contributed by atoms with E-state index in [1.165, 1.54) is 18.4 Å². The summed E-state index contributed by atoms with van der Waals surface area (Å²) in [6.45, 7) is 6.15. The molecule has 1 saturated heterocycles. The molecule has 0 unspecified atom stereocenters. The van der Waals surface area contributed by atoms with Crippen LogP contribution in [-0.4, -0.2) is 23.2 Å². The van der Waals surface area contributed by atoms with E-state index in [1.807, 2.05) is 32.1 Å². The molecule has 2 aromatic rings. The Balaban J connectivity index is 1.38. The number of nitriles is 1. The summed E-state index contributed by atoms with van der Waals surface area (Å²) in [5.74, 6) is 2.00. The molecule has 27 heavy (non-hydrogen) atoms. The van der Waals surface area contributed by atoms with Crippen molar-refractivity contribution < 1.29 is 5.11 Å². The fourth-order valence-electron chi connectivity index (χ4n) is 4.44. The summed E-state index contributed by atoms with van der Waals surface area (Å²) in [5, 5.41) is 18.6. The molecule has 1 N–H and O–H groups in total. The van der Waals surface area contributed by atoms with E-state index in [0.29, 0.717) is 17.1 Å². The number of hydrogen-bond acceptors (Lipinski definition) is 4. The highest BCUT2D eigenvalue weighted by molar-refractivity contribution is 5.61. The summed E-state index contributed by atoms with van der Waals surface area (Å²) < 4.78 is 0. The van der Waals surface area contributed by atoms with Crippen molar-refractivity contribution >= 4 is 11.9 Å². The molecule has 1 aromatic carbocycles. The summed E-state index contributed by atoms with van der Waals surface area (Å²) >= 11 is 0. The van der Waals surface area contributed by atoms with Gasteiger partial charge in [0, 0.05) is 29.8 Å². The van der Waals surface area contributed by atoms with Gasteiger partial charge in [0.2, 0.25) is 0 Å². The molecule has 1 spiro atoms. The van der Waals surface area contributed by atoms with Gasteiger partial charge in [-0.15, -0.1) is 0 Å². The molecule has 0 radical (unpaired) electrons. The van der Waals surface area contributed by atoms with Crippen molar-refractivity contribution in [3.63, 3.8) is 0 Å². The van der Waals surface area contributed by atoms with Crippen molar-refractivity contribution in [1.82, 2.24) is 4.98 Å². The monoisotopic (exact) mass is 359 g/mol. The Morgan fingerprint density at radius 1 is 1.26 bits per heavy atom. The lowest BCUT2D eigenvalue weighted by Crippen LogP contribution is -2.62. The molecule has 4 heteroatoms. The first kappa shape index (κ1) is 17.6. The highest BCUT2D eigenvalue weighted by Crippen LogP contribution is 2.56. The molecule has 0 atom stereocenters. The van der Waals surface area contributed by atoms with E-state index in [1.54, 1.807) is 12.1 Å². The SMILES string of the molecule is CC/C(C#N)=C\c1ccc(N2CC3(CC(c4ccc(O)cc4)C3)C2)nc1C. The van der Waals surface area contributed by atoms with Crippen LogP contribution in [0, 0.1) is 23.7 Å². The van der Waals surface area contributed by atoms with Crippen LogP contribution >= 0.6 is 0 Å². The second-order valence-electron chi connectivity index (χ2n) is 8.03. The van der Waals surface area contributed by atoms with Gasteiger partial charge in [-0.25, -0.2) is 4.98 Å². The lowest BCUT2D eigenvalue weighted by Gasteiger charge is -2.59. The minimum absolute atomic E-state index is 0.336. The van der Waals surface area contributed by atoms with Gasteiger partial charge in [0.15, 0.2) is 0 Å². The molecule has 0 amide bonds. The molecule has 1 aliphatic carbocycles. The summed E-state index contributed by atoms with van der Waals surface area (Å²) in [4.78, 5) is 7.13. The van der Waals surface area contributed by atoms with Crippen molar-refractivity contribution in [3.05, 3.63) is 58.8 Å². The molecule has 4 rings (SSSR count). The number of benzene rings is 1. The maximum absolute atomic E-state index is 9.44. The van der Waals surface area contributed by atoms with Crippen LogP contribution in [0.4, 0.5) is 5.82 Å². The smallest absolute Gasteiger partial charge is 0.128 e. The number of nitrogens with zero attached hydrogens (tertiary/aromatic N) is 3. The predicted molar refractivity (Wildman–Crippen MR) is 108 cm³/mol. The first-order chi connectivity index (χ1) is 13.0. The van der Waals surface area contributed by atoms with E-state index < -0.39 is 0 Å². The van der Waals surface area contributed by atoms with Crippen LogP contribution in [0.15, 0.2) is 42.0 Å². The summed E-state index contributed by atoms with van der Waals surface area (Å²) in [6.07, 6.45) is 5.12. The van der Waals surface area contributed by atoms with Gasteiger partial charge in [-0.3, -0.25) is 0 Å². The first-order valence-electron chi connectivity index (χ1n) is 9.64. The summed E-state index contributed by atoms with van der Waals surface area (Å²) in [6, 6.07) is 14.1. The number of phenols is 1. The highest BCUT2D eigenvalue weighted by atomic mass is 16.3. The third-order valence-electron chi connectivity index (χ3n) is 6.07. The Bertz CT molecular complexity index is 910. The molecule has 1 aromatic heterocycles. The lowest BCUT2D eigenvalue weighted by molar-refractivity contribution is 0.0627. The zero-order valence-electron chi connectivity index (χ0n) is 15.9. The van der Waals surface area contributed by atoms with E-state index in [0.717, 1.165) is 42.2 Å². The zero-order chi connectivity index (χ0) is 19.0.